The minimum Gasteiger partial charge on any atom is -0.0996 e. The van der Waals surface area contributed by atoms with Crippen LogP contribution in [0.15, 0.2) is 36.5 Å². The van der Waals surface area contributed by atoms with Crippen molar-refractivity contribution in [2.24, 2.45) is 5.92 Å². The Bertz CT molecular complexity index is 196. The van der Waals surface area contributed by atoms with Gasteiger partial charge in [0.15, 0.2) is 0 Å². The Labute approximate surface area is 69.3 Å². The predicted molar refractivity (Wildman–Crippen MR) is 50.4 cm³/mol. The van der Waals surface area contributed by atoms with Gasteiger partial charge in [-0.3, -0.25) is 0 Å². The topological polar surface area (TPSA) is 0 Å². The van der Waals surface area contributed by atoms with Crippen molar-refractivity contribution in [3.63, 3.8) is 0 Å². The van der Waals surface area contributed by atoms with Crippen molar-refractivity contribution < 1.29 is 0 Å². The van der Waals surface area contributed by atoms with Gasteiger partial charge in [-0.05, 0) is 25.2 Å². The fourth-order valence-electron chi connectivity index (χ4n) is 1.53. The summed E-state index contributed by atoms with van der Waals surface area (Å²) in [4.78, 5) is 0. The van der Waals surface area contributed by atoms with Crippen molar-refractivity contribution in [2.75, 3.05) is 0 Å². The van der Waals surface area contributed by atoms with E-state index in [4.69, 9.17) is 0 Å². The van der Waals surface area contributed by atoms with E-state index in [0.717, 1.165) is 0 Å². The van der Waals surface area contributed by atoms with Crippen LogP contribution in [0.3, 0.4) is 0 Å². The van der Waals surface area contributed by atoms with E-state index in [2.05, 4.69) is 26.2 Å². The lowest BCUT2D eigenvalue weighted by Gasteiger charge is -2.22. The Morgan fingerprint density at radius 3 is 2.73 bits per heavy atom. The minimum atomic E-state index is 0.676. The van der Waals surface area contributed by atoms with Gasteiger partial charge in [-0.1, -0.05) is 43.4 Å². The molecule has 0 heterocycles. The number of hydrogen-bond donors (Lipinski definition) is 0. The maximum Gasteiger partial charge on any atom is -0.0197 e. The Balaban J connectivity index is 2.59. The lowest BCUT2D eigenvalue weighted by Crippen LogP contribution is -2.07. The Morgan fingerprint density at radius 1 is 1.45 bits per heavy atom. The molecule has 1 aliphatic carbocycles. The normalized spacial score (nSPS) is 29.0. The lowest BCUT2D eigenvalue weighted by molar-refractivity contribution is 0.576. The highest BCUT2D eigenvalue weighted by Crippen LogP contribution is 2.31. The van der Waals surface area contributed by atoms with Gasteiger partial charge in [0.25, 0.3) is 0 Å². The van der Waals surface area contributed by atoms with E-state index < -0.39 is 0 Å². The fourth-order valence-corrected chi connectivity index (χ4v) is 1.53. The first kappa shape index (κ1) is 8.32. The molecule has 60 valence electrons. The van der Waals surface area contributed by atoms with Crippen LogP contribution in [-0.4, -0.2) is 0 Å². The summed E-state index contributed by atoms with van der Waals surface area (Å²) in [5.74, 6) is 0.676. The van der Waals surface area contributed by atoms with Crippen LogP contribution in [0.2, 0.25) is 0 Å². The molecule has 1 aliphatic rings. The molecule has 0 saturated heterocycles. The van der Waals surface area contributed by atoms with E-state index in [1.165, 1.54) is 30.4 Å². The first-order valence-corrected chi connectivity index (χ1v) is 4.22. The molecule has 0 aromatic carbocycles. The lowest BCUT2D eigenvalue weighted by atomic mass is 9.83. The van der Waals surface area contributed by atoms with Crippen molar-refractivity contribution in [1.82, 2.24) is 0 Å². The molecule has 0 amide bonds. The summed E-state index contributed by atoms with van der Waals surface area (Å²) in [7, 11) is 0. The number of rotatable bonds is 1. The monoisotopic (exact) mass is 148 g/mol. The number of allylic oxidation sites excluding steroid dienone is 4. The average molecular weight is 148 g/mol. The van der Waals surface area contributed by atoms with Crippen LogP contribution in [0, 0.1) is 5.92 Å². The largest absolute Gasteiger partial charge is 0.0996 e. The van der Waals surface area contributed by atoms with Crippen LogP contribution in [0.25, 0.3) is 0 Å². The maximum atomic E-state index is 4.04. The van der Waals surface area contributed by atoms with Crippen LogP contribution in [0.5, 0.6) is 0 Å². The molecule has 0 aliphatic heterocycles. The van der Waals surface area contributed by atoms with Crippen molar-refractivity contribution in [2.45, 2.75) is 26.2 Å². The number of hydrogen-bond acceptors (Lipinski definition) is 0. The zero-order valence-electron chi connectivity index (χ0n) is 7.27. The summed E-state index contributed by atoms with van der Waals surface area (Å²) in [6.45, 7) is 9.99. The molecule has 0 nitrogen and oxygen atoms in total. The van der Waals surface area contributed by atoms with Gasteiger partial charge in [-0.25, -0.2) is 0 Å². The van der Waals surface area contributed by atoms with Crippen LogP contribution >= 0.6 is 0 Å². The molecule has 0 aromatic heterocycles. The van der Waals surface area contributed by atoms with Gasteiger partial charge in [-0.2, -0.15) is 0 Å². The minimum absolute atomic E-state index is 0.676. The van der Waals surface area contributed by atoms with Crippen LogP contribution < -0.4 is 0 Å². The average Bonchev–Trinajstić information content (AvgIpc) is 1.98. The first-order chi connectivity index (χ1) is 5.24. The van der Waals surface area contributed by atoms with Gasteiger partial charge < -0.3 is 0 Å². The highest BCUT2D eigenvalue weighted by molar-refractivity contribution is 5.19. The SMILES string of the molecule is C=CC=C1CCC(=C)C(C)C1. The molecule has 1 fully saturated rings. The van der Waals surface area contributed by atoms with Crippen LogP contribution in [0.4, 0.5) is 0 Å². The Hall–Kier alpha value is -0.780. The van der Waals surface area contributed by atoms with E-state index in [-0.39, 0.29) is 0 Å². The second kappa shape index (κ2) is 3.56. The molecule has 0 radical (unpaired) electrons. The molecule has 0 spiro atoms. The van der Waals surface area contributed by atoms with Crippen molar-refractivity contribution in [1.29, 1.82) is 0 Å². The standard InChI is InChI=1S/C11H16/c1-4-5-11-7-6-9(2)10(3)8-11/h4-5,10H,1-2,6-8H2,3H3. The molecule has 0 N–H and O–H groups in total. The Kier molecular flexibility index (Phi) is 2.70. The second-order valence-corrected chi connectivity index (χ2v) is 3.32. The molecular formula is C11H16. The molecule has 1 rings (SSSR count). The summed E-state index contributed by atoms with van der Waals surface area (Å²) >= 11 is 0. The molecule has 1 atom stereocenters. The fraction of sp³-hybridized carbons (Fsp3) is 0.455. The third kappa shape index (κ3) is 2.07. The summed E-state index contributed by atoms with van der Waals surface area (Å²) < 4.78 is 0. The molecule has 0 heteroatoms. The van der Waals surface area contributed by atoms with E-state index in [0.29, 0.717) is 5.92 Å². The summed E-state index contributed by atoms with van der Waals surface area (Å²) in [6.07, 6.45) is 7.57. The highest BCUT2D eigenvalue weighted by Gasteiger charge is 2.14. The summed E-state index contributed by atoms with van der Waals surface area (Å²) in [5, 5.41) is 0. The van der Waals surface area contributed by atoms with Crippen LogP contribution in [0.1, 0.15) is 26.2 Å². The maximum absolute atomic E-state index is 4.04. The summed E-state index contributed by atoms with van der Waals surface area (Å²) in [6, 6.07) is 0. The van der Waals surface area contributed by atoms with Gasteiger partial charge in [-0.15, -0.1) is 0 Å². The van der Waals surface area contributed by atoms with Crippen molar-refractivity contribution in [3.8, 4) is 0 Å². The smallest absolute Gasteiger partial charge is 0.0197 e. The zero-order valence-corrected chi connectivity index (χ0v) is 7.27. The third-order valence-electron chi connectivity index (χ3n) is 2.39. The summed E-state index contributed by atoms with van der Waals surface area (Å²) in [5.41, 5.74) is 2.94. The molecule has 0 aromatic rings. The Morgan fingerprint density at radius 2 is 2.18 bits per heavy atom. The molecule has 1 saturated carbocycles. The van der Waals surface area contributed by atoms with Gasteiger partial charge in [0.1, 0.15) is 0 Å². The van der Waals surface area contributed by atoms with Crippen molar-refractivity contribution in [3.05, 3.63) is 36.5 Å². The van der Waals surface area contributed by atoms with Crippen LogP contribution in [-0.2, 0) is 0 Å². The molecule has 0 bridgehead atoms. The van der Waals surface area contributed by atoms with E-state index in [1.54, 1.807) is 0 Å². The first-order valence-electron chi connectivity index (χ1n) is 4.22. The quantitative estimate of drug-likeness (QED) is 0.499. The molecular weight excluding hydrogens is 132 g/mol. The highest BCUT2D eigenvalue weighted by atomic mass is 14.2. The van der Waals surface area contributed by atoms with Gasteiger partial charge in [0.05, 0.1) is 0 Å². The van der Waals surface area contributed by atoms with Gasteiger partial charge >= 0.3 is 0 Å². The third-order valence-corrected chi connectivity index (χ3v) is 2.39. The predicted octanol–water partition coefficient (Wildman–Crippen LogP) is 3.48. The van der Waals surface area contributed by atoms with Crippen molar-refractivity contribution >= 4 is 0 Å². The van der Waals surface area contributed by atoms with E-state index in [1.807, 2.05) is 6.08 Å². The zero-order chi connectivity index (χ0) is 8.27. The van der Waals surface area contributed by atoms with Gasteiger partial charge in [0.2, 0.25) is 0 Å². The molecule has 1 unspecified atom stereocenters. The van der Waals surface area contributed by atoms with E-state index >= 15 is 0 Å². The van der Waals surface area contributed by atoms with E-state index in [9.17, 15) is 0 Å². The second-order valence-electron chi connectivity index (χ2n) is 3.32. The molecule has 11 heavy (non-hydrogen) atoms. The van der Waals surface area contributed by atoms with Gasteiger partial charge in [0, 0.05) is 0 Å².